The third-order valence-electron chi connectivity index (χ3n) is 5.09. The molecule has 0 saturated carbocycles. The van der Waals surface area contributed by atoms with Gasteiger partial charge in [0.25, 0.3) is 0 Å². The van der Waals surface area contributed by atoms with E-state index in [0.29, 0.717) is 12.8 Å². The van der Waals surface area contributed by atoms with Gasteiger partial charge in [-0.05, 0) is 39.5 Å². The third-order valence-corrected chi connectivity index (χ3v) is 5.09. The summed E-state index contributed by atoms with van der Waals surface area (Å²) in [5, 5.41) is 18.6. The summed E-state index contributed by atoms with van der Waals surface area (Å²) in [5.74, 6) is -5.46. The van der Waals surface area contributed by atoms with Gasteiger partial charge < -0.3 is 49.3 Å². The lowest BCUT2D eigenvalue weighted by molar-refractivity contribution is -0.141. The number of amides is 6. The second kappa shape index (κ2) is 16.8. The number of hydrogen-bond acceptors (Lipinski definition) is 9. The van der Waals surface area contributed by atoms with Crippen LogP contribution in [0.3, 0.4) is 0 Å². The van der Waals surface area contributed by atoms with E-state index in [-0.39, 0.29) is 32.2 Å². The van der Waals surface area contributed by atoms with E-state index in [0.717, 1.165) is 0 Å². The number of carbonyl (C=O) groups excluding carboxylic acids is 6. The molecule has 0 saturated heterocycles. The van der Waals surface area contributed by atoms with Crippen molar-refractivity contribution in [2.45, 2.75) is 82.6 Å². The number of carboxylic acid groups (broad SMARTS) is 1. The summed E-state index contributed by atoms with van der Waals surface area (Å²) in [4.78, 5) is 82.0. The van der Waals surface area contributed by atoms with E-state index in [9.17, 15) is 33.6 Å². The van der Waals surface area contributed by atoms with Crippen molar-refractivity contribution in [2.24, 2.45) is 22.9 Å². The Labute approximate surface area is 214 Å². The molecule has 0 aromatic rings. The third kappa shape index (κ3) is 14.4. The number of primary amides is 2. The normalized spacial score (nSPS) is 14.7. The highest BCUT2D eigenvalue weighted by molar-refractivity contribution is 5.91. The van der Waals surface area contributed by atoms with Crippen LogP contribution in [0.15, 0.2) is 0 Å². The molecule has 0 aromatic carbocycles. The zero-order valence-corrected chi connectivity index (χ0v) is 21.0. The molecule has 0 spiro atoms. The summed E-state index contributed by atoms with van der Waals surface area (Å²) in [6.07, 6.45) is 0.0485. The van der Waals surface area contributed by atoms with Crippen molar-refractivity contribution < 1.29 is 38.7 Å². The number of carboxylic acids is 1. The van der Waals surface area contributed by atoms with Crippen LogP contribution in [0.1, 0.15) is 52.4 Å². The fraction of sp³-hybridized carbons (Fsp3) is 0.667. The van der Waals surface area contributed by atoms with E-state index in [1.807, 2.05) is 0 Å². The Balaban J connectivity index is 4.97. The van der Waals surface area contributed by atoms with E-state index in [1.165, 1.54) is 13.8 Å². The first kappa shape index (κ1) is 33.2. The molecule has 0 aromatic heterocycles. The molecule has 0 fully saturated rings. The van der Waals surface area contributed by atoms with Crippen LogP contribution in [0.2, 0.25) is 0 Å². The molecule has 0 aliphatic heterocycles. The van der Waals surface area contributed by atoms with Crippen molar-refractivity contribution in [1.29, 1.82) is 0 Å². The minimum atomic E-state index is -1.28. The van der Waals surface area contributed by atoms with Gasteiger partial charge in [0.2, 0.25) is 35.4 Å². The summed E-state index contributed by atoms with van der Waals surface area (Å²) < 4.78 is 0. The Kier molecular flexibility index (Phi) is 15.1. The van der Waals surface area contributed by atoms with Gasteiger partial charge >= 0.3 is 5.97 Å². The number of nitrogens with two attached hydrogens (primary N) is 4. The zero-order chi connectivity index (χ0) is 28.7. The molecule has 0 radical (unpaired) electrons. The molecule has 5 atom stereocenters. The average molecular weight is 531 g/mol. The zero-order valence-electron chi connectivity index (χ0n) is 21.0. The molecule has 5 unspecified atom stereocenters. The predicted molar refractivity (Wildman–Crippen MR) is 130 cm³/mol. The molecule has 0 rings (SSSR count). The molecule has 0 aliphatic rings. The first-order valence-electron chi connectivity index (χ1n) is 11.6. The molecule has 210 valence electrons. The van der Waals surface area contributed by atoms with E-state index in [4.69, 9.17) is 28.0 Å². The molecular formula is C21H38N8O8. The molecular weight excluding hydrogens is 492 g/mol. The molecule has 0 heterocycles. The largest absolute Gasteiger partial charge is 0.480 e. The SMILES string of the molecule is CC(N)C(=O)NC(CCC(=O)NC(CCCCNC(=O)C(N)CC(N)=O)C(=O)NC(C)C(=O)O)C(N)=O. The van der Waals surface area contributed by atoms with Gasteiger partial charge in [0, 0.05) is 13.0 Å². The minimum Gasteiger partial charge on any atom is -0.480 e. The lowest BCUT2D eigenvalue weighted by Crippen LogP contribution is -2.52. The number of aliphatic carboxylic acids is 1. The van der Waals surface area contributed by atoms with Gasteiger partial charge in [-0.1, -0.05) is 0 Å². The lowest BCUT2D eigenvalue weighted by atomic mass is 10.1. The van der Waals surface area contributed by atoms with Gasteiger partial charge in [0.05, 0.1) is 18.5 Å². The van der Waals surface area contributed by atoms with Gasteiger partial charge in [-0.3, -0.25) is 33.6 Å². The van der Waals surface area contributed by atoms with Gasteiger partial charge in [0.15, 0.2) is 0 Å². The number of unbranched alkanes of at least 4 members (excludes halogenated alkanes) is 1. The highest BCUT2D eigenvalue weighted by Crippen LogP contribution is 2.05. The van der Waals surface area contributed by atoms with Crippen LogP contribution < -0.4 is 44.2 Å². The van der Waals surface area contributed by atoms with Crippen LogP contribution in [-0.4, -0.2) is 83.3 Å². The Bertz CT molecular complexity index is 850. The molecule has 13 N–H and O–H groups in total. The van der Waals surface area contributed by atoms with E-state index in [1.54, 1.807) is 0 Å². The summed E-state index contributed by atoms with van der Waals surface area (Å²) >= 11 is 0. The van der Waals surface area contributed by atoms with Gasteiger partial charge in [0.1, 0.15) is 18.1 Å². The Morgan fingerprint density at radius 2 is 1.41 bits per heavy atom. The van der Waals surface area contributed by atoms with Gasteiger partial charge in [-0.2, -0.15) is 0 Å². The first-order valence-corrected chi connectivity index (χ1v) is 11.6. The van der Waals surface area contributed by atoms with Crippen LogP contribution in [0, 0.1) is 0 Å². The molecule has 6 amide bonds. The van der Waals surface area contributed by atoms with Crippen molar-refractivity contribution >= 4 is 41.4 Å². The second-order valence-corrected chi connectivity index (χ2v) is 8.54. The Hall–Kier alpha value is -3.79. The highest BCUT2D eigenvalue weighted by atomic mass is 16.4. The van der Waals surface area contributed by atoms with E-state index < -0.39 is 71.6 Å². The van der Waals surface area contributed by atoms with Crippen molar-refractivity contribution in [3.05, 3.63) is 0 Å². The smallest absolute Gasteiger partial charge is 0.325 e. The van der Waals surface area contributed by atoms with Crippen molar-refractivity contribution in [3.8, 4) is 0 Å². The lowest BCUT2D eigenvalue weighted by Gasteiger charge is -2.21. The molecule has 0 aliphatic carbocycles. The number of carbonyl (C=O) groups is 7. The average Bonchev–Trinajstić information content (AvgIpc) is 2.79. The van der Waals surface area contributed by atoms with Gasteiger partial charge in [-0.25, -0.2) is 0 Å². The van der Waals surface area contributed by atoms with Crippen LogP contribution in [0.5, 0.6) is 0 Å². The van der Waals surface area contributed by atoms with Crippen LogP contribution in [0.4, 0.5) is 0 Å². The summed E-state index contributed by atoms with van der Waals surface area (Å²) in [7, 11) is 0. The maximum absolute atomic E-state index is 12.6. The predicted octanol–water partition coefficient (Wildman–Crippen LogP) is -4.35. The fourth-order valence-corrected chi connectivity index (χ4v) is 2.90. The maximum Gasteiger partial charge on any atom is 0.325 e. The Morgan fingerprint density at radius 1 is 0.784 bits per heavy atom. The van der Waals surface area contributed by atoms with Crippen LogP contribution in [-0.2, 0) is 33.6 Å². The summed E-state index contributed by atoms with van der Waals surface area (Å²) in [6.45, 7) is 2.82. The van der Waals surface area contributed by atoms with Crippen molar-refractivity contribution in [2.75, 3.05) is 6.54 Å². The standard InChI is InChI=1S/C21H38N8O8/c1-10(22)18(33)29-13(17(25)32)6-7-16(31)28-14(20(35)27-11(2)21(36)37)5-3-4-8-26-19(34)12(23)9-15(24)30/h10-14H,3-9,22-23H2,1-2H3,(H2,24,30)(H2,25,32)(H,26,34)(H,27,35)(H,28,31)(H,29,33)(H,36,37). The van der Waals surface area contributed by atoms with Crippen LogP contribution >= 0.6 is 0 Å². The molecule has 0 bridgehead atoms. The molecule has 16 heteroatoms. The summed E-state index contributed by atoms with van der Waals surface area (Å²) in [6, 6.07) is -5.48. The quantitative estimate of drug-likeness (QED) is 0.0767. The van der Waals surface area contributed by atoms with Crippen molar-refractivity contribution in [1.82, 2.24) is 21.3 Å². The maximum atomic E-state index is 12.6. The molecule has 16 nitrogen and oxygen atoms in total. The topological polar surface area (TPSA) is 292 Å². The molecule has 37 heavy (non-hydrogen) atoms. The fourth-order valence-electron chi connectivity index (χ4n) is 2.90. The highest BCUT2D eigenvalue weighted by Gasteiger charge is 2.26. The number of hydrogen-bond donors (Lipinski definition) is 9. The minimum absolute atomic E-state index is 0.0911. The first-order chi connectivity index (χ1) is 17.1. The van der Waals surface area contributed by atoms with E-state index in [2.05, 4.69) is 21.3 Å². The Morgan fingerprint density at radius 3 is 1.92 bits per heavy atom. The number of rotatable bonds is 18. The summed E-state index contributed by atoms with van der Waals surface area (Å²) in [5.41, 5.74) is 21.2. The monoisotopic (exact) mass is 530 g/mol. The number of nitrogens with one attached hydrogen (secondary N) is 4. The van der Waals surface area contributed by atoms with Crippen molar-refractivity contribution in [3.63, 3.8) is 0 Å². The second-order valence-electron chi connectivity index (χ2n) is 8.54. The van der Waals surface area contributed by atoms with Crippen LogP contribution in [0.25, 0.3) is 0 Å². The van der Waals surface area contributed by atoms with Gasteiger partial charge in [-0.15, -0.1) is 0 Å². The van der Waals surface area contributed by atoms with E-state index >= 15 is 0 Å².